The first-order chi connectivity index (χ1) is 13.5. The van der Waals surface area contributed by atoms with Gasteiger partial charge in [-0.05, 0) is 31.2 Å². The molecule has 28 heavy (non-hydrogen) atoms. The minimum atomic E-state index is -0.429. The number of pyridine rings is 1. The number of rotatable bonds is 6. The van der Waals surface area contributed by atoms with Crippen molar-refractivity contribution in [3.63, 3.8) is 0 Å². The summed E-state index contributed by atoms with van der Waals surface area (Å²) in [6.45, 7) is 7.96. The maximum atomic E-state index is 13.1. The fraction of sp³-hybridized carbons (Fsp3) is 0.500. The summed E-state index contributed by atoms with van der Waals surface area (Å²) in [6, 6.07) is 3.57. The van der Waals surface area contributed by atoms with E-state index in [0.717, 1.165) is 17.8 Å². The van der Waals surface area contributed by atoms with Crippen molar-refractivity contribution >= 4 is 23.6 Å². The lowest BCUT2D eigenvalue weighted by molar-refractivity contribution is 0.0512. The predicted molar refractivity (Wildman–Crippen MR) is 107 cm³/mol. The molecule has 0 unspecified atom stereocenters. The summed E-state index contributed by atoms with van der Waals surface area (Å²) in [5.41, 5.74) is 2.74. The zero-order valence-corrected chi connectivity index (χ0v) is 17.6. The Hall–Kier alpha value is -2.35. The number of ether oxygens (including phenoxy) is 1. The van der Waals surface area contributed by atoms with Crippen molar-refractivity contribution in [1.82, 2.24) is 19.7 Å². The van der Waals surface area contributed by atoms with E-state index in [-0.39, 0.29) is 5.91 Å². The maximum absolute atomic E-state index is 13.1. The molecule has 2 aromatic heterocycles. The first kappa shape index (κ1) is 20.4. The summed E-state index contributed by atoms with van der Waals surface area (Å²) < 4.78 is 7.11. The highest BCUT2D eigenvalue weighted by Crippen LogP contribution is 2.27. The van der Waals surface area contributed by atoms with Crippen LogP contribution in [-0.2, 0) is 24.2 Å². The highest BCUT2D eigenvalue weighted by Gasteiger charge is 2.31. The number of aromatic nitrogens is 3. The van der Waals surface area contributed by atoms with Gasteiger partial charge in [-0.25, -0.2) is 9.78 Å². The van der Waals surface area contributed by atoms with Gasteiger partial charge >= 0.3 is 5.97 Å². The van der Waals surface area contributed by atoms with Gasteiger partial charge in [0.15, 0.2) is 5.69 Å². The van der Waals surface area contributed by atoms with Crippen LogP contribution >= 0.6 is 11.8 Å². The first-order valence-corrected chi connectivity index (χ1v) is 10.7. The van der Waals surface area contributed by atoms with Crippen molar-refractivity contribution in [2.75, 3.05) is 19.4 Å². The third-order valence-electron chi connectivity index (χ3n) is 4.62. The van der Waals surface area contributed by atoms with Gasteiger partial charge in [-0.15, -0.1) is 11.8 Å². The summed E-state index contributed by atoms with van der Waals surface area (Å²) in [6.07, 6.45) is 4.25. The van der Waals surface area contributed by atoms with Gasteiger partial charge in [0.25, 0.3) is 5.91 Å². The molecule has 0 fully saturated rings. The van der Waals surface area contributed by atoms with E-state index in [4.69, 9.17) is 4.74 Å². The monoisotopic (exact) mass is 402 g/mol. The Morgan fingerprint density at radius 1 is 1.36 bits per heavy atom. The standard InChI is InChI=1S/C20H26N4O3S/c1-5-27-20(26)17-15-12-23(10-8-16(15)24(22-17)11-13(2)3)19(25)14-7-6-9-21-18(14)28-4/h6-7,9,13H,5,8,10-12H2,1-4H3. The Morgan fingerprint density at radius 2 is 2.14 bits per heavy atom. The molecule has 0 aromatic carbocycles. The first-order valence-electron chi connectivity index (χ1n) is 9.50. The third-order valence-corrected chi connectivity index (χ3v) is 5.33. The van der Waals surface area contributed by atoms with Crippen LogP contribution in [0.2, 0.25) is 0 Å². The molecule has 2 aromatic rings. The average Bonchev–Trinajstić information content (AvgIpc) is 3.04. The minimum absolute atomic E-state index is 0.0745. The van der Waals surface area contributed by atoms with Gasteiger partial charge in [0.2, 0.25) is 0 Å². The summed E-state index contributed by atoms with van der Waals surface area (Å²) in [5, 5.41) is 5.25. The molecule has 0 atom stereocenters. The SMILES string of the molecule is CCOC(=O)c1nn(CC(C)C)c2c1CN(C(=O)c1cccnc1SC)CC2. The van der Waals surface area contributed by atoms with Gasteiger partial charge in [0.05, 0.1) is 18.7 Å². The molecular formula is C20H26N4O3S. The maximum Gasteiger partial charge on any atom is 0.359 e. The van der Waals surface area contributed by atoms with Gasteiger partial charge in [0, 0.05) is 37.0 Å². The molecular weight excluding hydrogens is 376 g/mol. The Kier molecular flexibility index (Phi) is 6.39. The number of esters is 1. The largest absolute Gasteiger partial charge is 0.461 e. The molecule has 1 aliphatic rings. The second-order valence-electron chi connectivity index (χ2n) is 7.11. The number of carbonyl (C=O) groups is 2. The van der Waals surface area contributed by atoms with E-state index >= 15 is 0 Å². The number of thioether (sulfide) groups is 1. The van der Waals surface area contributed by atoms with Gasteiger partial charge < -0.3 is 9.64 Å². The molecule has 3 heterocycles. The van der Waals surface area contributed by atoms with Crippen molar-refractivity contribution < 1.29 is 14.3 Å². The molecule has 1 aliphatic heterocycles. The molecule has 0 spiro atoms. The van der Waals surface area contributed by atoms with Crippen LogP contribution < -0.4 is 0 Å². The molecule has 7 nitrogen and oxygen atoms in total. The highest BCUT2D eigenvalue weighted by molar-refractivity contribution is 7.98. The Bertz CT molecular complexity index is 878. The normalized spacial score (nSPS) is 13.5. The van der Waals surface area contributed by atoms with Gasteiger partial charge in [-0.3, -0.25) is 9.48 Å². The number of fused-ring (bicyclic) bond motifs is 1. The van der Waals surface area contributed by atoms with Crippen molar-refractivity contribution in [3.05, 3.63) is 40.8 Å². The van der Waals surface area contributed by atoms with Crippen molar-refractivity contribution in [2.24, 2.45) is 5.92 Å². The van der Waals surface area contributed by atoms with E-state index in [1.54, 1.807) is 30.2 Å². The molecule has 0 aliphatic carbocycles. The van der Waals surface area contributed by atoms with Gasteiger partial charge in [-0.1, -0.05) is 13.8 Å². The van der Waals surface area contributed by atoms with Crippen LogP contribution in [0.25, 0.3) is 0 Å². The zero-order chi connectivity index (χ0) is 20.3. The summed E-state index contributed by atoms with van der Waals surface area (Å²) in [7, 11) is 0. The lowest BCUT2D eigenvalue weighted by atomic mass is 10.0. The lowest BCUT2D eigenvalue weighted by Gasteiger charge is -2.28. The van der Waals surface area contributed by atoms with E-state index in [1.807, 2.05) is 10.9 Å². The van der Waals surface area contributed by atoms with E-state index < -0.39 is 5.97 Å². The highest BCUT2D eigenvalue weighted by atomic mass is 32.2. The summed E-state index contributed by atoms with van der Waals surface area (Å²) in [4.78, 5) is 31.6. The topological polar surface area (TPSA) is 77.3 Å². The lowest BCUT2D eigenvalue weighted by Crippen LogP contribution is -2.37. The van der Waals surface area contributed by atoms with Gasteiger partial charge in [-0.2, -0.15) is 5.10 Å². The number of hydrogen-bond donors (Lipinski definition) is 0. The molecule has 1 amide bonds. The van der Waals surface area contributed by atoms with Crippen molar-refractivity contribution in [3.8, 4) is 0 Å². The molecule has 0 radical (unpaired) electrons. The van der Waals surface area contributed by atoms with Crippen LogP contribution in [0.5, 0.6) is 0 Å². The smallest absolute Gasteiger partial charge is 0.359 e. The van der Waals surface area contributed by atoms with Crippen molar-refractivity contribution in [1.29, 1.82) is 0 Å². The molecule has 8 heteroatoms. The van der Waals surface area contributed by atoms with Crippen LogP contribution in [0.3, 0.4) is 0 Å². The molecule has 3 rings (SSSR count). The molecule has 0 saturated carbocycles. The minimum Gasteiger partial charge on any atom is -0.461 e. The second-order valence-corrected chi connectivity index (χ2v) is 7.90. The Balaban J connectivity index is 1.93. The fourth-order valence-electron chi connectivity index (χ4n) is 3.41. The van der Waals surface area contributed by atoms with Crippen LogP contribution in [-0.4, -0.2) is 50.9 Å². The van der Waals surface area contributed by atoms with Crippen LogP contribution in [0.4, 0.5) is 0 Å². The van der Waals surface area contributed by atoms with E-state index in [2.05, 4.69) is 23.9 Å². The molecule has 0 saturated heterocycles. The van der Waals surface area contributed by atoms with E-state index in [1.165, 1.54) is 11.8 Å². The molecule has 150 valence electrons. The second kappa shape index (κ2) is 8.77. The van der Waals surface area contributed by atoms with E-state index in [9.17, 15) is 9.59 Å². The van der Waals surface area contributed by atoms with E-state index in [0.29, 0.717) is 48.3 Å². The summed E-state index contributed by atoms with van der Waals surface area (Å²) in [5.74, 6) is -0.102. The number of amides is 1. The third kappa shape index (κ3) is 4.06. The number of hydrogen-bond acceptors (Lipinski definition) is 6. The number of carbonyl (C=O) groups excluding carboxylic acids is 2. The predicted octanol–water partition coefficient (Wildman–Crippen LogP) is 3.03. The Morgan fingerprint density at radius 3 is 2.82 bits per heavy atom. The fourth-order valence-corrected chi connectivity index (χ4v) is 3.95. The van der Waals surface area contributed by atoms with Crippen molar-refractivity contribution in [2.45, 2.75) is 45.3 Å². The molecule has 0 bridgehead atoms. The van der Waals surface area contributed by atoms with Crippen LogP contribution in [0.15, 0.2) is 23.4 Å². The molecule has 0 N–H and O–H groups in total. The van der Waals surface area contributed by atoms with Gasteiger partial charge in [0.1, 0.15) is 5.03 Å². The van der Waals surface area contributed by atoms with Crippen LogP contribution in [0, 0.1) is 5.92 Å². The zero-order valence-electron chi connectivity index (χ0n) is 16.8. The average molecular weight is 403 g/mol. The quantitative estimate of drug-likeness (QED) is 0.546. The number of nitrogens with zero attached hydrogens (tertiary/aromatic N) is 4. The van der Waals surface area contributed by atoms with Crippen LogP contribution in [0.1, 0.15) is 52.9 Å². The Labute approximate surface area is 169 Å². The summed E-state index contributed by atoms with van der Waals surface area (Å²) >= 11 is 1.45.